The summed E-state index contributed by atoms with van der Waals surface area (Å²) in [6, 6.07) is 3.05. The van der Waals surface area contributed by atoms with Crippen LogP contribution in [0.2, 0.25) is 0 Å². The van der Waals surface area contributed by atoms with Crippen LogP contribution in [0, 0.1) is 6.92 Å². The number of piperidine rings is 1. The smallest absolute Gasteiger partial charge is 0.141 e. The van der Waals surface area contributed by atoms with Crippen LogP contribution in [0.1, 0.15) is 25.6 Å². The third-order valence-corrected chi connectivity index (χ3v) is 5.47. The quantitative estimate of drug-likeness (QED) is 0.755. The van der Waals surface area contributed by atoms with Crippen molar-refractivity contribution in [2.45, 2.75) is 45.3 Å². The lowest BCUT2D eigenvalue weighted by atomic mass is 10.0. The first kappa shape index (κ1) is 16.4. The molecule has 0 bridgehead atoms. The molecular formula is C17H23N7S. The van der Waals surface area contributed by atoms with Crippen LogP contribution in [0.5, 0.6) is 0 Å². The summed E-state index contributed by atoms with van der Waals surface area (Å²) >= 11 is 1.69. The lowest BCUT2D eigenvalue weighted by Crippen LogP contribution is -2.46. The fourth-order valence-corrected chi connectivity index (χ4v) is 4.31. The molecule has 1 fully saturated rings. The first-order valence-corrected chi connectivity index (χ1v) is 9.62. The highest BCUT2D eigenvalue weighted by Crippen LogP contribution is 2.29. The van der Waals surface area contributed by atoms with Gasteiger partial charge >= 0.3 is 0 Å². The van der Waals surface area contributed by atoms with Crippen molar-refractivity contribution in [2.24, 2.45) is 0 Å². The van der Waals surface area contributed by atoms with Crippen molar-refractivity contribution in [3.8, 4) is 0 Å². The number of aromatic nitrogens is 5. The standard InChI is InChI=1S/C17H23N7S/c1-12(9-24-11-18-10-19-24)20-14-3-6-23(7-4-14)16-15-5-8-25-17(15)22-13(2)21-16/h5,8,10-12,14,20H,3-4,6-7,9H2,1-2H3/t12-/m0/s1. The largest absolute Gasteiger partial charge is 0.356 e. The van der Waals surface area contributed by atoms with Crippen LogP contribution in [0.25, 0.3) is 10.2 Å². The van der Waals surface area contributed by atoms with E-state index in [1.54, 1.807) is 24.0 Å². The van der Waals surface area contributed by atoms with Crippen molar-refractivity contribution in [1.29, 1.82) is 0 Å². The van der Waals surface area contributed by atoms with Crippen LogP contribution < -0.4 is 10.2 Å². The van der Waals surface area contributed by atoms with Gasteiger partial charge in [-0.1, -0.05) is 0 Å². The second kappa shape index (κ2) is 7.05. The predicted octanol–water partition coefficient (Wildman–Crippen LogP) is 2.24. The fraction of sp³-hybridized carbons (Fsp3) is 0.529. The minimum Gasteiger partial charge on any atom is -0.356 e. The molecule has 3 aromatic heterocycles. The highest BCUT2D eigenvalue weighted by atomic mass is 32.1. The van der Waals surface area contributed by atoms with Gasteiger partial charge in [0.05, 0.1) is 11.9 Å². The molecule has 8 heteroatoms. The lowest BCUT2D eigenvalue weighted by Gasteiger charge is -2.35. The van der Waals surface area contributed by atoms with E-state index in [1.165, 1.54) is 5.39 Å². The van der Waals surface area contributed by atoms with Crippen molar-refractivity contribution >= 4 is 27.4 Å². The van der Waals surface area contributed by atoms with Gasteiger partial charge in [0.15, 0.2) is 0 Å². The minimum atomic E-state index is 0.378. The van der Waals surface area contributed by atoms with Crippen molar-refractivity contribution in [2.75, 3.05) is 18.0 Å². The Morgan fingerprint density at radius 3 is 2.92 bits per heavy atom. The normalized spacial score (nSPS) is 17.3. The summed E-state index contributed by atoms with van der Waals surface area (Å²) < 4.78 is 1.88. The highest BCUT2D eigenvalue weighted by Gasteiger charge is 2.23. The van der Waals surface area contributed by atoms with E-state index in [0.29, 0.717) is 12.1 Å². The maximum atomic E-state index is 4.72. The van der Waals surface area contributed by atoms with Crippen LogP contribution >= 0.6 is 11.3 Å². The molecule has 7 nitrogen and oxygen atoms in total. The van der Waals surface area contributed by atoms with Gasteiger partial charge in [0.25, 0.3) is 0 Å². The van der Waals surface area contributed by atoms with E-state index in [4.69, 9.17) is 4.98 Å². The molecule has 1 N–H and O–H groups in total. The summed E-state index contributed by atoms with van der Waals surface area (Å²) in [5, 5.41) is 11.2. The molecular weight excluding hydrogens is 334 g/mol. The van der Waals surface area contributed by atoms with Gasteiger partial charge in [-0.15, -0.1) is 11.3 Å². The Hall–Kier alpha value is -2.06. The van der Waals surface area contributed by atoms with Gasteiger partial charge < -0.3 is 10.2 Å². The molecule has 0 aliphatic carbocycles. The Kier molecular flexibility index (Phi) is 4.63. The molecule has 0 radical (unpaired) electrons. The summed E-state index contributed by atoms with van der Waals surface area (Å²) in [5.41, 5.74) is 0. The first-order valence-electron chi connectivity index (χ1n) is 8.74. The van der Waals surface area contributed by atoms with E-state index in [1.807, 2.05) is 11.6 Å². The second-order valence-corrected chi connectivity index (χ2v) is 7.57. The molecule has 1 saturated heterocycles. The molecule has 4 rings (SSSR count). The Labute approximate surface area is 151 Å². The number of nitrogens with one attached hydrogen (secondary N) is 1. The van der Waals surface area contributed by atoms with Crippen LogP contribution in [-0.4, -0.2) is 49.9 Å². The third kappa shape index (κ3) is 3.64. The van der Waals surface area contributed by atoms with E-state index in [9.17, 15) is 0 Å². The summed E-state index contributed by atoms with van der Waals surface area (Å²) in [7, 11) is 0. The van der Waals surface area contributed by atoms with E-state index in [0.717, 1.165) is 48.9 Å². The average molecular weight is 357 g/mol. The van der Waals surface area contributed by atoms with Crippen molar-refractivity contribution < 1.29 is 0 Å². The summed E-state index contributed by atoms with van der Waals surface area (Å²) in [5.74, 6) is 1.95. The number of nitrogens with zero attached hydrogens (tertiary/aromatic N) is 6. The summed E-state index contributed by atoms with van der Waals surface area (Å²) in [6.45, 7) is 7.07. The molecule has 0 unspecified atom stereocenters. The molecule has 0 spiro atoms. The maximum absolute atomic E-state index is 4.72. The predicted molar refractivity (Wildman–Crippen MR) is 100 cm³/mol. The maximum Gasteiger partial charge on any atom is 0.141 e. The monoisotopic (exact) mass is 357 g/mol. The number of anilines is 1. The molecule has 132 valence electrons. The SMILES string of the molecule is Cc1nc(N2CCC(N[C@@H](C)Cn3cncn3)CC2)c2ccsc2n1. The van der Waals surface area contributed by atoms with E-state index >= 15 is 0 Å². The second-order valence-electron chi connectivity index (χ2n) is 6.68. The summed E-state index contributed by atoms with van der Waals surface area (Å²) in [6.07, 6.45) is 5.59. The third-order valence-electron chi connectivity index (χ3n) is 4.66. The van der Waals surface area contributed by atoms with Crippen LogP contribution in [0.15, 0.2) is 24.1 Å². The topological polar surface area (TPSA) is 71.8 Å². The molecule has 0 aromatic carbocycles. The molecule has 0 amide bonds. The van der Waals surface area contributed by atoms with E-state index < -0.39 is 0 Å². The zero-order chi connectivity index (χ0) is 17.2. The van der Waals surface area contributed by atoms with Gasteiger partial charge in [-0.25, -0.2) is 15.0 Å². The molecule has 3 aromatic rings. The van der Waals surface area contributed by atoms with Gasteiger partial charge in [-0.2, -0.15) is 5.10 Å². The van der Waals surface area contributed by atoms with E-state index in [-0.39, 0.29) is 0 Å². The minimum absolute atomic E-state index is 0.378. The first-order chi connectivity index (χ1) is 12.2. The van der Waals surface area contributed by atoms with Gasteiger partial charge in [0.2, 0.25) is 0 Å². The van der Waals surface area contributed by atoms with Gasteiger partial charge in [-0.05, 0) is 38.1 Å². The Bertz CT molecular complexity index is 821. The van der Waals surface area contributed by atoms with Gasteiger partial charge in [0.1, 0.15) is 29.1 Å². The van der Waals surface area contributed by atoms with Crippen molar-refractivity contribution in [1.82, 2.24) is 30.0 Å². The lowest BCUT2D eigenvalue weighted by molar-refractivity contribution is 0.347. The number of fused-ring (bicyclic) bond motifs is 1. The number of thiophene rings is 1. The van der Waals surface area contributed by atoms with Crippen LogP contribution in [0.4, 0.5) is 5.82 Å². The van der Waals surface area contributed by atoms with Crippen molar-refractivity contribution in [3.63, 3.8) is 0 Å². The zero-order valence-electron chi connectivity index (χ0n) is 14.6. The highest BCUT2D eigenvalue weighted by molar-refractivity contribution is 7.16. The molecule has 1 atom stereocenters. The zero-order valence-corrected chi connectivity index (χ0v) is 15.4. The van der Waals surface area contributed by atoms with Crippen molar-refractivity contribution in [3.05, 3.63) is 29.9 Å². The number of rotatable bonds is 5. The Balaban J connectivity index is 1.37. The van der Waals surface area contributed by atoms with Crippen LogP contribution in [-0.2, 0) is 6.54 Å². The molecule has 25 heavy (non-hydrogen) atoms. The van der Waals surface area contributed by atoms with Gasteiger partial charge in [0, 0.05) is 25.2 Å². The Morgan fingerprint density at radius 1 is 1.32 bits per heavy atom. The van der Waals surface area contributed by atoms with Gasteiger partial charge in [-0.3, -0.25) is 4.68 Å². The number of hydrogen-bond acceptors (Lipinski definition) is 7. The molecule has 0 saturated carbocycles. The molecule has 1 aliphatic heterocycles. The number of aryl methyl sites for hydroxylation is 1. The number of hydrogen-bond donors (Lipinski definition) is 1. The van der Waals surface area contributed by atoms with Crippen LogP contribution in [0.3, 0.4) is 0 Å². The van der Waals surface area contributed by atoms with E-state index in [2.05, 4.69) is 43.7 Å². The molecule has 1 aliphatic rings. The average Bonchev–Trinajstić information content (AvgIpc) is 3.26. The summed E-state index contributed by atoms with van der Waals surface area (Å²) in [4.78, 5) is 16.7. The fourth-order valence-electron chi connectivity index (χ4n) is 3.51. The molecule has 4 heterocycles. The Morgan fingerprint density at radius 2 is 2.16 bits per heavy atom.